The number of aromatic nitrogens is 1. The maximum absolute atomic E-state index is 12.9. The molecule has 6 nitrogen and oxygen atoms in total. The lowest BCUT2D eigenvalue weighted by Gasteiger charge is -2.27. The number of hydrogen-bond donors (Lipinski definition) is 3. The molecule has 188 valence electrons. The lowest BCUT2D eigenvalue weighted by atomic mass is 9.87. The summed E-state index contributed by atoms with van der Waals surface area (Å²) in [4.78, 5) is 29.7. The first kappa shape index (κ1) is 24.5. The van der Waals surface area contributed by atoms with Gasteiger partial charge in [0.2, 0.25) is 0 Å². The van der Waals surface area contributed by atoms with Gasteiger partial charge >= 0.3 is 0 Å². The van der Waals surface area contributed by atoms with Crippen molar-refractivity contribution in [2.24, 2.45) is 5.92 Å². The number of carbonyl (C=O) groups is 2. The molecule has 0 aliphatic heterocycles. The molecular formula is C31H31N3O3. The first-order valence-electron chi connectivity index (χ1n) is 12.8. The van der Waals surface area contributed by atoms with E-state index in [1.54, 1.807) is 18.3 Å². The Morgan fingerprint density at radius 1 is 0.919 bits per heavy atom. The summed E-state index contributed by atoms with van der Waals surface area (Å²) in [6, 6.07) is 22.3. The molecule has 1 aliphatic rings. The zero-order chi connectivity index (χ0) is 25.8. The Bertz CT molecular complexity index is 1430. The van der Waals surface area contributed by atoms with Crippen molar-refractivity contribution in [1.82, 2.24) is 15.6 Å². The van der Waals surface area contributed by atoms with Crippen molar-refractivity contribution in [3.63, 3.8) is 0 Å². The van der Waals surface area contributed by atoms with E-state index in [-0.39, 0.29) is 23.6 Å². The van der Waals surface area contributed by atoms with Crippen molar-refractivity contribution < 1.29 is 14.7 Å². The molecule has 1 fully saturated rings. The van der Waals surface area contributed by atoms with Gasteiger partial charge in [-0.3, -0.25) is 14.6 Å². The maximum atomic E-state index is 12.9. The molecule has 4 aromatic rings. The van der Waals surface area contributed by atoms with Crippen LogP contribution < -0.4 is 10.6 Å². The van der Waals surface area contributed by atoms with E-state index >= 15 is 0 Å². The molecular weight excluding hydrogens is 462 g/mol. The van der Waals surface area contributed by atoms with E-state index in [4.69, 9.17) is 0 Å². The second kappa shape index (κ2) is 10.8. The van der Waals surface area contributed by atoms with Crippen LogP contribution in [-0.4, -0.2) is 27.9 Å². The van der Waals surface area contributed by atoms with Crippen molar-refractivity contribution in [2.45, 2.75) is 45.2 Å². The monoisotopic (exact) mass is 493 g/mol. The minimum atomic E-state index is -0.193. The number of carbonyl (C=O) groups excluding carboxylic acids is 2. The van der Waals surface area contributed by atoms with Gasteiger partial charge in [-0.1, -0.05) is 50.1 Å². The Balaban J connectivity index is 1.21. The van der Waals surface area contributed by atoms with Crippen LogP contribution in [0.15, 0.2) is 79.0 Å². The number of amides is 2. The molecule has 1 heterocycles. The number of aromatic hydroxyl groups is 1. The van der Waals surface area contributed by atoms with Crippen molar-refractivity contribution in [3.8, 4) is 16.9 Å². The van der Waals surface area contributed by atoms with E-state index in [2.05, 4.69) is 22.5 Å². The third-order valence-corrected chi connectivity index (χ3v) is 7.08. The minimum Gasteiger partial charge on any atom is -0.506 e. The third-order valence-electron chi connectivity index (χ3n) is 7.08. The molecule has 0 saturated heterocycles. The number of pyridine rings is 1. The lowest BCUT2D eigenvalue weighted by Crippen LogP contribution is -2.37. The normalized spacial score (nSPS) is 17.3. The van der Waals surface area contributed by atoms with Crippen molar-refractivity contribution >= 4 is 22.7 Å². The van der Waals surface area contributed by atoms with Gasteiger partial charge in [0.1, 0.15) is 11.3 Å². The number of nitrogens with one attached hydrogen (secondary N) is 2. The fourth-order valence-corrected chi connectivity index (χ4v) is 5.07. The fraction of sp³-hybridized carbons (Fsp3) is 0.258. The number of benzene rings is 3. The van der Waals surface area contributed by atoms with Gasteiger partial charge in [0.25, 0.3) is 11.8 Å². The highest BCUT2D eigenvalue weighted by Gasteiger charge is 2.21. The fourth-order valence-electron chi connectivity index (χ4n) is 5.07. The van der Waals surface area contributed by atoms with E-state index in [0.717, 1.165) is 41.3 Å². The molecule has 3 N–H and O–H groups in total. The highest BCUT2D eigenvalue weighted by Crippen LogP contribution is 2.31. The Labute approximate surface area is 216 Å². The molecule has 6 heteroatoms. The predicted molar refractivity (Wildman–Crippen MR) is 145 cm³/mol. The SMILES string of the molecule is CC1CCCC(NC(=O)c2ccc(CNC(=O)c3cccc(-c4cc(O)c5ncccc5c4)c3)cc2)C1. The van der Waals surface area contributed by atoms with Gasteiger partial charge in [-0.25, -0.2) is 0 Å². The number of rotatable bonds is 6. The molecule has 2 unspecified atom stereocenters. The van der Waals surface area contributed by atoms with Gasteiger partial charge in [-0.05, 0) is 77.9 Å². The molecule has 0 bridgehead atoms. The van der Waals surface area contributed by atoms with Crippen LogP contribution >= 0.6 is 0 Å². The molecule has 37 heavy (non-hydrogen) atoms. The van der Waals surface area contributed by atoms with Crippen molar-refractivity contribution in [1.29, 1.82) is 0 Å². The van der Waals surface area contributed by atoms with E-state index < -0.39 is 0 Å². The number of phenolic OH excluding ortho intramolecular Hbond substituents is 1. The Hall–Kier alpha value is -4.19. The topological polar surface area (TPSA) is 91.3 Å². The Morgan fingerprint density at radius 2 is 1.76 bits per heavy atom. The smallest absolute Gasteiger partial charge is 0.251 e. The van der Waals surface area contributed by atoms with Crippen LogP contribution in [0.4, 0.5) is 0 Å². The van der Waals surface area contributed by atoms with E-state index in [9.17, 15) is 14.7 Å². The Morgan fingerprint density at radius 3 is 2.57 bits per heavy atom. The number of phenols is 1. The summed E-state index contributed by atoms with van der Waals surface area (Å²) in [5.41, 5.74) is 4.27. The number of fused-ring (bicyclic) bond motifs is 1. The summed E-state index contributed by atoms with van der Waals surface area (Å²) in [6.07, 6.45) is 6.13. The molecule has 1 aliphatic carbocycles. The van der Waals surface area contributed by atoms with Gasteiger partial charge in [0.05, 0.1) is 0 Å². The largest absolute Gasteiger partial charge is 0.506 e. The summed E-state index contributed by atoms with van der Waals surface area (Å²) < 4.78 is 0. The van der Waals surface area contributed by atoms with Crippen LogP contribution in [0.1, 0.15) is 58.9 Å². The predicted octanol–water partition coefficient (Wildman–Crippen LogP) is 5.85. The van der Waals surface area contributed by atoms with Gasteiger partial charge in [0, 0.05) is 35.3 Å². The standard InChI is InChI=1S/C31H31N3O3/c1-20-5-2-9-27(15-20)34-31(37)22-12-10-21(11-13-22)19-33-30(36)25-7-3-6-23(16-25)26-17-24-8-4-14-32-29(24)28(35)18-26/h3-4,6-8,10-14,16-18,20,27,35H,2,5,9,15,19H2,1H3,(H,33,36)(H,34,37). The number of hydrogen-bond acceptors (Lipinski definition) is 4. The average Bonchev–Trinajstić information content (AvgIpc) is 2.92. The van der Waals surface area contributed by atoms with E-state index in [1.165, 1.54) is 6.42 Å². The van der Waals surface area contributed by atoms with E-state index in [1.807, 2.05) is 60.7 Å². The highest BCUT2D eigenvalue weighted by atomic mass is 16.3. The summed E-state index contributed by atoms with van der Waals surface area (Å²) in [5.74, 6) is 0.528. The maximum Gasteiger partial charge on any atom is 0.251 e. The van der Waals surface area contributed by atoms with E-state index in [0.29, 0.717) is 29.1 Å². The second-order valence-corrected chi connectivity index (χ2v) is 9.97. The molecule has 5 rings (SSSR count). The Kier molecular flexibility index (Phi) is 7.17. The molecule has 1 aromatic heterocycles. The first-order valence-corrected chi connectivity index (χ1v) is 12.8. The van der Waals surface area contributed by atoms with Gasteiger partial charge in [-0.2, -0.15) is 0 Å². The van der Waals surface area contributed by atoms with Gasteiger partial charge in [0.15, 0.2) is 0 Å². The molecule has 2 atom stereocenters. The molecule has 0 spiro atoms. The van der Waals surface area contributed by atoms with Crippen LogP contribution in [-0.2, 0) is 6.54 Å². The first-order chi connectivity index (χ1) is 18.0. The van der Waals surface area contributed by atoms with Crippen LogP contribution in [0.5, 0.6) is 5.75 Å². The van der Waals surface area contributed by atoms with Crippen LogP contribution in [0.3, 0.4) is 0 Å². The minimum absolute atomic E-state index is 0.0398. The third kappa shape index (κ3) is 5.80. The van der Waals surface area contributed by atoms with Gasteiger partial charge in [-0.15, -0.1) is 0 Å². The summed E-state index contributed by atoms with van der Waals surface area (Å²) in [7, 11) is 0. The molecule has 2 amide bonds. The van der Waals surface area contributed by atoms with Crippen molar-refractivity contribution in [2.75, 3.05) is 0 Å². The molecule has 3 aromatic carbocycles. The van der Waals surface area contributed by atoms with Gasteiger partial charge < -0.3 is 15.7 Å². The quantitative estimate of drug-likeness (QED) is 0.314. The summed E-state index contributed by atoms with van der Waals surface area (Å²) in [6.45, 7) is 2.59. The van der Waals surface area contributed by atoms with Crippen LogP contribution in [0.25, 0.3) is 22.0 Å². The average molecular weight is 494 g/mol. The molecule has 1 saturated carbocycles. The van der Waals surface area contributed by atoms with Crippen LogP contribution in [0, 0.1) is 5.92 Å². The summed E-state index contributed by atoms with van der Waals surface area (Å²) >= 11 is 0. The van der Waals surface area contributed by atoms with Crippen LogP contribution in [0.2, 0.25) is 0 Å². The zero-order valence-electron chi connectivity index (χ0n) is 20.9. The second-order valence-electron chi connectivity index (χ2n) is 9.97. The zero-order valence-corrected chi connectivity index (χ0v) is 20.9. The highest BCUT2D eigenvalue weighted by molar-refractivity contribution is 5.96. The molecule has 0 radical (unpaired) electrons. The summed E-state index contributed by atoms with van der Waals surface area (Å²) in [5, 5.41) is 17.3. The lowest BCUT2D eigenvalue weighted by molar-refractivity contribution is 0.0918. The van der Waals surface area contributed by atoms with Crippen molar-refractivity contribution in [3.05, 3.63) is 95.7 Å². The number of nitrogens with zero attached hydrogens (tertiary/aromatic N) is 1.